The average Bonchev–Trinajstić information content (AvgIpc) is 1.85. The summed E-state index contributed by atoms with van der Waals surface area (Å²) in [6.07, 6.45) is 8.06. The first kappa shape index (κ1) is 9.52. The maximum Gasteiger partial charge on any atom is 0.0238 e. The van der Waals surface area contributed by atoms with Crippen LogP contribution in [-0.2, 0) is 0 Å². The highest BCUT2D eigenvalue weighted by atomic mass is 14.6. The van der Waals surface area contributed by atoms with Crippen molar-refractivity contribution in [3.8, 4) is 12.3 Å². The fourth-order valence-corrected chi connectivity index (χ4v) is 0.801. The van der Waals surface area contributed by atoms with Gasteiger partial charge in [-0.25, -0.2) is 0 Å². The molecule has 10 heavy (non-hydrogen) atoms. The van der Waals surface area contributed by atoms with Crippen molar-refractivity contribution < 1.29 is 0 Å². The molecule has 0 bridgehead atoms. The van der Waals surface area contributed by atoms with Crippen LogP contribution in [0, 0.1) is 18.3 Å². The SMILES string of the molecule is C#CCC(N)CCC(C)C. The largest absolute Gasteiger partial charge is 0.327 e. The van der Waals surface area contributed by atoms with E-state index < -0.39 is 0 Å². The fraction of sp³-hybridized carbons (Fsp3) is 0.778. The van der Waals surface area contributed by atoms with E-state index in [1.54, 1.807) is 0 Å². The fourth-order valence-electron chi connectivity index (χ4n) is 0.801. The van der Waals surface area contributed by atoms with Crippen LogP contribution in [0.5, 0.6) is 0 Å². The molecule has 0 saturated carbocycles. The van der Waals surface area contributed by atoms with Gasteiger partial charge in [-0.15, -0.1) is 12.3 Å². The van der Waals surface area contributed by atoms with Gasteiger partial charge in [0.25, 0.3) is 0 Å². The van der Waals surface area contributed by atoms with Crippen molar-refractivity contribution >= 4 is 0 Å². The van der Waals surface area contributed by atoms with Crippen LogP contribution in [0.3, 0.4) is 0 Å². The zero-order valence-electron chi connectivity index (χ0n) is 6.93. The number of terminal acetylenes is 1. The van der Waals surface area contributed by atoms with E-state index in [-0.39, 0.29) is 6.04 Å². The summed E-state index contributed by atoms with van der Waals surface area (Å²) in [7, 11) is 0. The molecule has 58 valence electrons. The molecular formula is C9H17N. The highest BCUT2D eigenvalue weighted by Crippen LogP contribution is 2.06. The summed E-state index contributed by atoms with van der Waals surface area (Å²) in [6.45, 7) is 4.39. The second-order valence-corrected chi connectivity index (χ2v) is 3.14. The normalized spacial score (nSPS) is 13.1. The van der Waals surface area contributed by atoms with E-state index in [0.717, 1.165) is 12.3 Å². The van der Waals surface area contributed by atoms with Gasteiger partial charge in [-0.3, -0.25) is 0 Å². The predicted molar refractivity (Wildman–Crippen MR) is 45.5 cm³/mol. The first-order valence-corrected chi connectivity index (χ1v) is 3.86. The second-order valence-electron chi connectivity index (χ2n) is 3.14. The first-order chi connectivity index (χ1) is 4.66. The molecule has 1 heteroatoms. The van der Waals surface area contributed by atoms with Gasteiger partial charge in [-0.2, -0.15) is 0 Å². The molecule has 0 aliphatic heterocycles. The van der Waals surface area contributed by atoms with E-state index in [4.69, 9.17) is 12.2 Å². The molecule has 0 fully saturated rings. The molecule has 1 unspecified atom stereocenters. The molecule has 0 aliphatic rings. The smallest absolute Gasteiger partial charge is 0.0238 e. The number of hydrogen-bond acceptors (Lipinski definition) is 1. The molecule has 0 spiro atoms. The monoisotopic (exact) mass is 139 g/mol. The van der Waals surface area contributed by atoms with Gasteiger partial charge in [-0.1, -0.05) is 13.8 Å². The third kappa shape index (κ3) is 5.65. The molecule has 0 heterocycles. The Morgan fingerprint density at radius 2 is 2.00 bits per heavy atom. The van der Waals surface area contributed by atoms with Crippen LogP contribution in [0.15, 0.2) is 0 Å². The maximum absolute atomic E-state index is 5.69. The third-order valence-electron chi connectivity index (χ3n) is 1.49. The summed E-state index contributed by atoms with van der Waals surface area (Å²) in [5, 5.41) is 0. The van der Waals surface area contributed by atoms with Gasteiger partial charge in [0.15, 0.2) is 0 Å². The molecule has 0 aromatic carbocycles. The minimum atomic E-state index is 0.215. The van der Waals surface area contributed by atoms with Crippen molar-refractivity contribution in [2.24, 2.45) is 11.7 Å². The Kier molecular flexibility index (Phi) is 5.06. The highest BCUT2D eigenvalue weighted by Gasteiger charge is 2.01. The van der Waals surface area contributed by atoms with Crippen LogP contribution in [-0.4, -0.2) is 6.04 Å². The Balaban J connectivity index is 3.23. The van der Waals surface area contributed by atoms with Gasteiger partial charge in [0.1, 0.15) is 0 Å². The molecule has 0 aromatic rings. The summed E-state index contributed by atoms with van der Waals surface area (Å²) in [5.74, 6) is 3.31. The quantitative estimate of drug-likeness (QED) is 0.590. The van der Waals surface area contributed by atoms with Crippen molar-refractivity contribution in [1.82, 2.24) is 0 Å². The Morgan fingerprint density at radius 3 is 2.40 bits per heavy atom. The number of rotatable bonds is 4. The molecule has 1 nitrogen and oxygen atoms in total. The van der Waals surface area contributed by atoms with Crippen molar-refractivity contribution in [2.75, 3.05) is 0 Å². The van der Waals surface area contributed by atoms with Crippen LogP contribution < -0.4 is 5.73 Å². The van der Waals surface area contributed by atoms with E-state index in [9.17, 15) is 0 Å². The molecule has 0 aliphatic carbocycles. The van der Waals surface area contributed by atoms with E-state index in [0.29, 0.717) is 6.42 Å². The topological polar surface area (TPSA) is 26.0 Å². The lowest BCUT2D eigenvalue weighted by Crippen LogP contribution is -2.19. The molecule has 1 atom stereocenters. The Bertz CT molecular complexity index is 110. The Hall–Kier alpha value is -0.480. The molecular weight excluding hydrogens is 122 g/mol. The summed E-state index contributed by atoms with van der Waals surface area (Å²) < 4.78 is 0. The van der Waals surface area contributed by atoms with Gasteiger partial charge in [0, 0.05) is 12.5 Å². The first-order valence-electron chi connectivity index (χ1n) is 3.86. The van der Waals surface area contributed by atoms with Crippen molar-refractivity contribution in [3.05, 3.63) is 0 Å². The van der Waals surface area contributed by atoms with E-state index >= 15 is 0 Å². The van der Waals surface area contributed by atoms with Gasteiger partial charge >= 0.3 is 0 Å². The molecule has 0 radical (unpaired) electrons. The van der Waals surface area contributed by atoms with Gasteiger partial charge in [-0.05, 0) is 18.8 Å². The Labute approximate surface area is 64.0 Å². The van der Waals surface area contributed by atoms with Crippen molar-refractivity contribution in [1.29, 1.82) is 0 Å². The van der Waals surface area contributed by atoms with Crippen molar-refractivity contribution in [2.45, 2.75) is 39.2 Å². The second kappa shape index (κ2) is 5.32. The molecule has 2 N–H and O–H groups in total. The predicted octanol–water partition coefficient (Wildman–Crippen LogP) is 1.77. The summed E-state index contributed by atoms with van der Waals surface area (Å²) in [6, 6.07) is 0.215. The molecule has 0 aromatic heterocycles. The minimum absolute atomic E-state index is 0.215. The number of hydrogen-bond donors (Lipinski definition) is 1. The van der Waals surface area contributed by atoms with Gasteiger partial charge in [0.2, 0.25) is 0 Å². The van der Waals surface area contributed by atoms with E-state index in [1.165, 1.54) is 6.42 Å². The lowest BCUT2D eigenvalue weighted by atomic mass is 10.0. The van der Waals surface area contributed by atoms with E-state index in [2.05, 4.69) is 19.8 Å². The van der Waals surface area contributed by atoms with Crippen LogP contribution in [0.25, 0.3) is 0 Å². The van der Waals surface area contributed by atoms with Gasteiger partial charge in [0.05, 0.1) is 0 Å². The zero-order chi connectivity index (χ0) is 7.98. The standard InChI is InChI=1S/C9H17N/c1-4-5-9(10)7-6-8(2)3/h1,8-9H,5-7,10H2,2-3H3. The van der Waals surface area contributed by atoms with Crippen LogP contribution >= 0.6 is 0 Å². The average molecular weight is 139 g/mol. The highest BCUT2D eigenvalue weighted by molar-refractivity contribution is 4.88. The van der Waals surface area contributed by atoms with Gasteiger partial charge < -0.3 is 5.73 Å². The number of nitrogens with two attached hydrogens (primary N) is 1. The molecule has 0 amide bonds. The van der Waals surface area contributed by atoms with Crippen LogP contribution in [0.2, 0.25) is 0 Å². The van der Waals surface area contributed by atoms with Crippen LogP contribution in [0.4, 0.5) is 0 Å². The third-order valence-corrected chi connectivity index (χ3v) is 1.49. The summed E-state index contributed by atoms with van der Waals surface area (Å²) in [5.41, 5.74) is 5.69. The van der Waals surface area contributed by atoms with E-state index in [1.807, 2.05) is 0 Å². The maximum atomic E-state index is 5.69. The summed E-state index contributed by atoms with van der Waals surface area (Å²) >= 11 is 0. The molecule has 0 rings (SSSR count). The van der Waals surface area contributed by atoms with Crippen molar-refractivity contribution in [3.63, 3.8) is 0 Å². The lowest BCUT2D eigenvalue weighted by molar-refractivity contribution is 0.501. The van der Waals surface area contributed by atoms with Crippen LogP contribution in [0.1, 0.15) is 33.1 Å². The molecule has 0 saturated heterocycles. The Morgan fingerprint density at radius 1 is 1.40 bits per heavy atom. The minimum Gasteiger partial charge on any atom is -0.327 e. The summed E-state index contributed by atoms with van der Waals surface area (Å²) in [4.78, 5) is 0. The zero-order valence-corrected chi connectivity index (χ0v) is 6.93. The lowest BCUT2D eigenvalue weighted by Gasteiger charge is -2.08.